The largest absolute Gasteiger partial charge is 0.416 e. The topological polar surface area (TPSA) is 46.9 Å². The highest BCUT2D eigenvalue weighted by Crippen LogP contribution is 2.43. The SMILES string of the molecule is O=C(NC1CC2CCC(C2)C1)c1nn(Cc2ccc(C(F)(F)F)cc2)c2c1Cc1cc(Br)ccc1-2. The van der Waals surface area contributed by atoms with E-state index < -0.39 is 11.7 Å². The van der Waals surface area contributed by atoms with Gasteiger partial charge in [-0.25, -0.2) is 0 Å². The fourth-order valence-corrected chi connectivity index (χ4v) is 6.65. The van der Waals surface area contributed by atoms with E-state index in [-0.39, 0.29) is 18.5 Å². The Kier molecular flexibility index (Phi) is 5.55. The predicted octanol–water partition coefficient (Wildman–Crippen LogP) is 6.59. The van der Waals surface area contributed by atoms with E-state index >= 15 is 0 Å². The number of fused-ring (bicyclic) bond motifs is 5. The summed E-state index contributed by atoms with van der Waals surface area (Å²) in [6.07, 6.45) is 2.11. The lowest BCUT2D eigenvalue weighted by molar-refractivity contribution is -0.137. The molecule has 3 aliphatic carbocycles. The van der Waals surface area contributed by atoms with Gasteiger partial charge < -0.3 is 5.32 Å². The van der Waals surface area contributed by atoms with Crippen molar-refractivity contribution in [3.63, 3.8) is 0 Å². The summed E-state index contributed by atoms with van der Waals surface area (Å²) in [5, 5.41) is 7.97. The summed E-state index contributed by atoms with van der Waals surface area (Å²) in [6, 6.07) is 11.3. The first-order valence-electron chi connectivity index (χ1n) is 12.1. The summed E-state index contributed by atoms with van der Waals surface area (Å²) in [5.74, 6) is 1.28. The molecule has 0 saturated heterocycles. The number of carbonyl (C=O) groups excluding carboxylic acids is 1. The van der Waals surface area contributed by atoms with Gasteiger partial charge in [-0.1, -0.05) is 47.0 Å². The van der Waals surface area contributed by atoms with Crippen LogP contribution in [-0.2, 0) is 19.1 Å². The van der Waals surface area contributed by atoms with Crippen LogP contribution in [0.3, 0.4) is 0 Å². The smallest absolute Gasteiger partial charge is 0.348 e. The van der Waals surface area contributed by atoms with Gasteiger partial charge in [-0.2, -0.15) is 18.3 Å². The van der Waals surface area contributed by atoms with Crippen LogP contribution in [0.2, 0.25) is 0 Å². The average Bonchev–Trinajstić information content (AvgIpc) is 3.45. The van der Waals surface area contributed by atoms with Crippen molar-refractivity contribution in [3.8, 4) is 11.3 Å². The number of halogens is 4. The van der Waals surface area contributed by atoms with Crippen LogP contribution in [0, 0.1) is 11.8 Å². The summed E-state index contributed by atoms with van der Waals surface area (Å²) >= 11 is 3.53. The molecule has 3 aliphatic rings. The van der Waals surface area contributed by atoms with Gasteiger partial charge >= 0.3 is 6.18 Å². The van der Waals surface area contributed by atoms with E-state index in [1.54, 1.807) is 4.68 Å². The summed E-state index contributed by atoms with van der Waals surface area (Å²) in [6.45, 7) is 0.289. The lowest BCUT2D eigenvalue weighted by atomic mass is 9.85. The van der Waals surface area contributed by atoms with Crippen molar-refractivity contribution < 1.29 is 18.0 Å². The van der Waals surface area contributed by atoms with E-state index in [0.29, 0.717) is 29.5 Å². The van der Waals surface area contributed by atoms with Crippen molar-refractivity contribution in [1.29, 1.82) is 0 Å². The Morgan fingerprint density at radius 3 is 2.46 bits per heavy atom. The molecule has 1 aromatic heterocycles. The highest BCUT2D eigenvalue weighted by Gasteiger charge is 2.36. The minimum atomic E-state index is -4.37. The average molecular weight is 544 g/mol. The molecule has 2 saturated carbocycles. The van der Waals surface area contributed by atoms with Gasteiger partial charge in [-0.15, -0.1) is 0 Å². The van der Waals surface area contributed by atoms with Crippen LogP contribution in [0.25, 0.3) is 11.3 Å². The fourth-order valence-electron chi connectivity index (χ4n) is 6.25. The van der Waals surface area contributed by atoms with Gasteiger partial charge in [0, 0.05) is 28.1 Å². The molecule has 182 valence electrons. The molecular formula is C27H25BrF3N3O. The number of alkyl halides is 3. The second-order valence-electron chi connectivity index (χ2n) is 10.2. The molecule has 2 fully saturated rings. The molecular weight excluding hydrogens is 519 g/mol. The summed E-state index contributed by atoms with van der Waals surface area (Å²) in [5.41, 5.74) is 4.34. The Balaban J connectivity index is 1.32. The van der Waals surface area contributed by atoms with Crippen molar-refractivity contribution in [1.82, 2.24) is 15.1 Å². The Labute approximate surface area is 210 Å². The molecule has 1 amide bonds. The summed E-state index contributed by atoms with van der Waals surface area (Å²) in [7, 11) is 0. The highest BCUT2D eigenvalue weighted by atomic mass is 79.9. The molecule has 6 rings (SSSR count). The van der Waals surface area contributed by atoms with Gasteiger partial charge in [0.05, 0.1) is 17.8 Å². The van der Waals surface area contributed by atoms with Crippen molar-refractivity contribution in [2.75, 3.05) is 0 Å². The first-order valence-corrected chi connectivity index (χ1v) is 12.9. The Hall–Kier alpha value is -2.61. The molecule has 1 heterocycles. The third kappa shape index (κ3) is 4.30. The number of rotatable bonds is 4. The maximum atomic E-state index is 13.4. The van der Waals surface area contributed by atoms with Gasteiger partial charge in [-0.3, -0.25) is 9.48 Å². The molecule has 2 atom stereocenters. The molecule has 0 spiro atoms. The minimum Gasteiger partial charge on any atom is -0.348 e. The number of amides is 1. The van der Waals surface area contributed by atoms with Crippen LogP contribution in [0.5, 0.6) is 0 Å². The number of hydrogen-bond acceptors (Lipinski definition) is 2. The molecule has 2 unspecified atom stereocenters. The summed E-state index contributed by atoms with van der Waals surface area (Å²) < 4.78 is 41.7. The Morgan fingerprint density at radius 2 is 1.77 bits per heavy atom. The Morgan fingerprint density at radius 1 is 1.06 bits per heavy atom. The number of nitrogens with zero attached hydrogens (tertiary/aromatic N) is 2. The van der Waals surface area contributed by atoms with Gasteiger partial charge in [-0.05, 0) is 66.5 Å². The molecule has 2 bridgehead atoms. The zero-order valence-corrected chi connectivity index (χ0v) is 20.6. The number of hydrogen-bond donors (Lipinski definition) is 1. The third-order valence-electron chi connectivity index (χ3n) is 7.79. The lowest BCUT2D eigenvalue weighted by Gasteiger charge is -2.28. The second kappa shape index (κ2) is 8.50. The highest BCUT2D eigenvalue weighted by molar-refractivity contribution is 9.10. The number of benzene rings is 2. The van der Waals surface area contributed by atoms with Gasteiger partial charge in [0.2, 0.25) is 0 Å². The molecule has 1 N–H and O–H groups in total. The van der Waals surface area contributed by atoms with Gasteiger partial charge in [0.15, 0.2) is 5.69 Å². The van der Waals surface area contributed by atoms with E-state index in [2.05, 4.69) is 27.3 Å². The van der Waals surface area contributed by atoms with E-state index in [4.69, 9.17) is 5.10 Å². The second-order valence-corrected chi connectivity index (χ2v) is 11.1. The van der Waals surface area contributed by atoms with Gasteiger partial charge in [0.1, 0.15) is 0 Å². The molecule has 4 nitrogen and oxygen atoms in total. The van der Waals surface area contributed by atoms with Crippen LogP contribution in [0.4, 0.5) is 13.2 Å². The van der Waals surface area contributed by atoms with Crippen LogP contribution >= 0.6 is 15.9 Å². The van der Waals surface area contributed by atoms with Crippen LogP contribution in [-0.4, -0.2) is 21.7 Å². The molecule has 3 aromatic rings. The van der Waals surface area contributed by atoms with Crippen LogP contribution in [0.1, 0.15) is 64.8 Å². The maximum Gasteiger partial charge on any atom is 0.416 e. The third-order valence-corrected chi connectivity index (χ3v) is 8.28. The number of nitrogens with one attached hydrogen (secondary N) is 1. The maximum absolute atomic E-state index is 13.4. The quantitative estimate of drug-likeness (QED) is 0.315. The minimum absolute atomic E-state index is 0.148. The van der Waals surface area contributed by atoms with Crippen molar-refractivity contribution in [2.24, 2.45) is 11.8 Å². The first kappa shape index (κ1) is 22.8. The van der Waals surface area contributed by atoms with Crippen molar-refractivity contribution >= 4 is 21.8 Å². The normalized spacial score (nSPS) is 22.7. The van der Waals surface area contributed by atoms with Crippen molar-refractivity contribution in [2.45, 2.75) is 57.3 Å². The van der Waals surface area contributed by atoms with E-state index in [1.807, 2.05) is 12.1 Å². The van der Waals surface area contributed by atoms with Crippen molar-refractivity contribution in [3.05, 3.63) is 74.9 Å². The van der Waals surface area contributed by atoms with E-state index in [9.17, 15) is 18.0 Å². The molecule has 8 heteroatoms. The lowest BCUT2D eigenvalue weighted by Crippen LogP contribution is -2.39. The Bertz CT molecular complexity index is 1290. The van der Waals surface area contributed by atoms with Gasteiger partial charge in [0.25, 0.3) is 5.91 Å². The monoisotopic (exact) mass is 543 g/mol. The molecule has 0 aliphatic heterocycles. The number of carbonyl (C=O) groups is 1. The molecule has 2 aromatic carbocycles. The fraction of sp³-hybridized carbons (Fsp3) is 0.407. The standard InChI is InChI=1S/C27H25BrF3N3O/c28-20-7-8-22-18(12-20)13-23-24(26(35)32-21-10-16-1-2-17(9-16)11-21)33-34(25(22)23)14-15-3-5-19(6-4-15)27(29,30)31/h3-8,12,16-17,21H,1-2,9-11,13-14H2,(H,32,35). The predicted molar refractivity (Wildman–Crippen MR) is 130 cm³/mol. The molecule has 0 radical (unpaired) electrons. The van der Waals surface area contributed by atoms with Crippen LogP contribution in [0.15, 0.2) is 46.9 Å². The molecule has 35 heavy (non-hydrogen) atoms. The summed E-state index contributed by atoms with van der Waals surface area (Å²) in [4.78, 5) is 13.4. The van der Waals surface area contributed by atoms with Crippen LogP contribution < -0.4 is 5.32 Å². The zero-order chi connectivity index (χ0) is 24.3. The first-order chi connectivity index (χ1) is 16.7. The number of aromatic nitrogens is 2. The van der Waals surface area contributed by atoms with E-state index in [1.165, 1.54) is 31.4 Å². The zero-order valence-electron chi connectivity index (χ0n) is 19.0. The van der Waals surface area contributed by atoms with E-state index in [0.717, 1.165) is 51.8 Å².